The average molecular weight is 650 g/mol. The van der Waals surface area contributed by atoms with Crippen molar-refractivity contribution in [1.29, 1.82) is 0 Å². The van der Waals surface area contributed by atoms with Gasteiger partial charge in [-0.2, -0.15) is 6.20 Å². The Morgan fingerprint density at radius 3 is 2.67 bits per heavy atom. The number of unbranched alkanes of at least 4 members (excludes halogenated alkanes) is 2. The topological polar surface area (TPSA) is 108 Å². The number of nitrogens with one attached hydrogen (secondary N) is 1. The molecular formula is C23H26ClIrN4O4. The van der Waals surface area contributed by atoms with E-state index in [0.717, 1.165) is 24.8 Å². The number of aliphatic imine (C=N–C) groups is 1. The summed E-state index contributed by atoms with van der Waals surface area (Å²) in [7, 11) is 6.01. The van der Waals surface area contributed by atoms with E-state index in [0.29, 0.717) is 35.6 Å². The summed E-state index contributed by atoms with van der Waals surface area (Å²) in [6, 6.07) is 8.79. The number of nitro benzene ring substituents is 1. The molecule has 8 nitrogen and oxygen atoms in total. The molecule has 0 radical (unpaired) electrons. The normalized spacial score (nSPS) is 12.9. The first-order valence-corrected chi connectivity index (χ1v) is 12.8. The summed E-state index contributed by atoms with van der Waals surface area (Å²) in [6.07, 6.45) is 9.78. The first kappa shape index (κ1) is 28.3. The summed E-state index contributed by atoms with van der Waals surface area (Å²) in [5.41, 5.74) is 3.33. The number of carbonyl (C=O) groups excluding carboxylic acids is 1. The van der Waals surface area contributed by atoms with Gasteiger partial charge in [0.25, 0.3) is 5.69 Å². The number of halogens is 1. The molecule has 2 heterocycles. The molecule has 0 unspecified atom stereocenters. The number of hydrogen-bond donors (Lipinski definition) is 1. The van der Waals surface area contributed by atoms with Gasteiger partial charge in [-0.1, -0.05) is 24.6 Å². The van der Waals surface area contributed by atoms with Crippen LogP contribution in [0, 0.1) is 17.5 Å². The molecule has 0 atom stereocenters. The minimum atomic E-state index is -0.391. The molecule has 1 N–H and O–H groups in total. The Bertz CT molecular complexity index is 990. The molecule has 1 aromatic heterocycles. The van der Waals surface area contributed by atoms with Crippen LogP contribution >= 0.6 is 9.58 Å². The number of carbonyl (C=O) groups is 1. The molecule has 0 saturated carbocycles. The van der Waals surface area contributed by atoms with Gasteiger partial charge in [-0.25, -0.2) is 0 Å². The second kappa shape index (κ2) is 15.2. The van der Waals surface area contributed by atoms with Gasteiger partial charge in [0.15, 0.2) is 0 Å². The van der Waals surface area contributed by atoms with Gasteiger partial charge < -0.3 is 22.5 Å². The number of hydrogen-bond acceptors (Lipinski definition) is 6. The van der Waals surface area contributed by atoms with E-state index in [4.69, 9.17) is 0 Å². The third-order valence-electron chi connectivity index (χ3n) is 4.70. The second-order valence-electron chi connectivity index (χ2n) is 6.72. The molecule has 33 heavy (non-hydrogen) atoms. The van der Waals surface area contributed by atoms with Crippen LogP contribution in [0.2, 0.25) is 0 Å². The van der Waals surface area contributed by atoms with E-state index >= 15 is 0 Å². The number of esters is 1. The van der Waals surface area contributed by atoms with E-state index in [-0.39, 0.29) is 19.1 Å². The van der Waals surface area contributed by atoms with E-state index in [2.05, 4.69) is 29.6 Å². The van der Waals surface area contributed by atoms with Crippen LogP contribution in [0.4, 0.5) is 11.4 Å². The fourth-order valence-electron chi connectivity index (χ4n) is 3.21. The fourth-order valence-corrected chi connectivity index (χ4v) is 3.21. The molecule has 0 fully saturated rings. The zero-order valence-corrected chi connectivity index (χ0v) is 21.6. The summed E-state index contributed by atoms with van der Waals surface area (Å²) in [5, 5.41) is 14.8. The van der Waals surface area contributed by atoms with Crippen LogP contribution in [-0.2, 0) is 27.4 Å². The third kappa shape index (κ3) is 8.27. The molecule has 1 aromatic carbocycles. The molecule has 1 aliphatic heterocycles. The fraction of sp³-hybridized carbons (Fsp3) is 0.261. The molecular weight excluding hydrogens is 624 g/mol. The van der Waals surface area contributed by atoms with Gasteiger partial charge in [0.2, 0.25) is 0 Å². The molecule has 0 saturated heterocycles. The van der Waals surface area contributed by atoms with Gasteiger partial charge in [0.1, 0.15) is 5.69 Å². The Balaban J connectivity index is 0.00000177. The molecule has 0 amide bonds. The maximum absolute atomic E-state index is 11.7. The van der Waals surface area contributed by atoms with E-state index in [1.165, 1.54) is 25.0 Å². The number of aromatic nitrogens is 1. The Labute approximate surface area is 208 Å². The summed E-state index contributed by atoms with van der Waals surface area (Å²) < 4.78 is 4.61. The van der Waals surface area contributed by atoms with Gasteiger partial charge >= 0.3 is 33.4 Å². The number of methoxy groups -OCH3 is 1. The van der Waals surface area contributed by atoms with Crippen LogP contribution < -0.4 is 10.3 Å². The second-order valence-corrected chi connectivity index (χ2v) is 6.72. The Kier molecular flexibility index (Phi) is 13.0. The molecule has 1 aliphatic rings. The quantitative estimate of drug-likeness (QED) is 0.124. The molecule has 2 aromatic rings. The Hall–Kier alpha value is -2.74. The number of anilines is 1. The first-order chi connectivity index (χ1) is 15.6. The third-order valence-corrected chi connectivity index (χ3v) is 4.70. The standard InChI is InChI=1S/C22H23N4O4.CH3.ClH.Ir/c1-30-21(27)9-3-2-4-12-23-17-11-10-16(15-20(17)26(28)29)22(18-7-5-13-24-18)19-8-6-14-25-19;;;/h5-8,10-11,13-15H,2-4,9,12H2,1H3,(H-,23,24,25);1H3;1H;/q2*-1;;+3/p-1. The van der Waals surface area contributed by atoms with Crippen molar-refractivity contribution in [3.8, 4) is 0 Å². The van der Waals surface area contributed by atoms with Crippen molar-refractivity contribution >= 4 is 38.7 Å². The van der Waals surface area contributed by atoms with E-state index in [1.54, 1.807) is 24.5 Å². The number of allylic oxidation sites excluding steroid dienone is 2. The molecule has 3 rings (SSSR count). The van der Waals surface area contributed by atoms with Crippen LogP contribution in [0.3, 0.4) is 0 Å². The van der Waals surface area contributed by atoms with Crippen molar-refractivity contribution < 1.29 is 32.3 Å². The molecule has 0 bridgehead atoms. The average Bonchev–Trinajstić information content (AvgIpc) is 3.53. The van der Waals surface area contributed by atoms with Gasteiger partial charge in [0, 0.05) is 25.2 Å². The van der Waals surface area contributed by atoms with Crippen LogP contribution in [0.5, 0.6) is 0 Å². The van der Waals surface area contributed by atoms with E-state index in [1.807, 2.05) is 30.4 Å². The van der Waals surface area contributed by atoms with Crippen molar-refractivity contribution in [1.82, 2.24) is 4.98 Å². The molecule has 178 valence electrons. The van der Waals surface area contributed by atoms with E-state index in [9.17, 15) is 14.9 Å². The number of rotatable bonds is 10. The predicted octanol–water partition coefficient (Wildman–Crippen LogP) is 5.23. The Morgan fingerprint density at radius 1 is 1.27 bits per heavy atom. The molecule has 0 spiro atoms. The van der Waals surface area contributed by atoms with Gasteiger partial charge in [0.05, 0.1) is 17.7 Å². The number of benzene rings is 1. The molecule has 0 aliphatic carbocycles. The zero-order valence-electron chi connectivity index (χ0n) is 18.4. The number of ether oxygens (including phenoxy) is 1. The van der Waals surface area contributed by atoms with Crippen LogP contribution in [0.25, 0.3) is 5.57 Å². The van der Waals surface area contributed by atoms with E-state index < -0.39 is 4.92 Å². The Morgan fingerprint density at radius 2 is 2.06 bits per heavy atom. The monoisotopic (exact) mass is 650 g/mol. The van der Waals surface area contributed by atoms with Crippen molar-refractivity contribution in [2.45, 2.75) is 25.7 Å². The minimum absolute atomic E-state index is 0. The number of nitro groups is 1. The van der Waals surface area contributed by atoms with Crippen LogP contribution in [-0.4, -0.2) is 30.8 Å². The van der Waals surface area contributed by atoms with Crippen molar-refractivity contribution in [3.05, 3.63) is 83.2 Å². The summed E-state index contributed by atoms with van der Waals surface area (Å²) >= 11 is 1.47. The van der Waals surface area contributed by atoms with Crippen LogP contribution in [0.15, 0.2) is 59.4 Å². The van der Waals surface area contributed by atoms with Crippen molar-refractivity contribution in [2.24, 2.45) is 4.99 Å². The summed E-state index contributed by atoms with van der Waals surface area (Å²) in [5.74, 6) is -0.222. The van der Waals surface area contributed by atoms with Gasteiger partial charge in [-0.3, -0.25) is 19.9 Å². The first-order valence-electron chi connectivity index (χ1n) is 9.85. The maximum atomic E-state index is 11.7. The SMILES string of the molecule is COC(=O)CCCCCNc1ccc(/C(=C2\C=CC=N2)c2ccc[n-]2)cc1[N+](=O)[O-].[CH3-].[Cl][Ir+2]. The number of nitrogens with zero attached hydrogens (tertiary/aromatic N) is 3. The summed E-state index contributed by atoms with van der Waals surface area (Å²) in [4.78, 5) is 31.1. The van der Waals surface area contributed by atoms with Crippen molar-refractivity contribution in [2.75, 3.05) is 19.0 Å². The summed E-state index contributed by atoms with van der Waals surface area (Å²) in [6.45, 7) is 0.576. The molecule has 10 heteroatoms. The van der Waals surface area contributed by atoms with Gasteiger partial charge in [-0.05, 0) is 42.2 Å². The van der Waals surface area contributed by atoms with Gasteiger partial charge in [-0.15, -0.1) is 5.69 Å². The van der Waals surface area contributed by atoms with Crippen molar-refractivity contribution in [3.63, 3.8) is 0 Å². The van der Waals surface area contributed by atoms with Crippen LogP contribution in [0.1, 0.15) is 36.9 Å². The zero-order chi connectivity index (χ0) is 23.3. The predicted molar refractivity (Wildman–Crippen MR) is 128 cm³/mol.